The molecular formula is C12H26MgN4O8S2. The Hall–Kier alpha value is -0.814. The van der Waals surface area contributed by atoms with Crippen LogP contribution in [-0.4, -0.2) is 93.8 Å². The first kappa shape index (κ1) is 37.0. The molecule has 2 atom stereocenters. The molecule has 0 aromatic carbocycles. The topological polar surface area (TPSA) is 259 Å². The van der Waals surface area contributed by atoms with Crippen LogP contribution in [0.4, 0.5) is 0 Å². The van der Waals surface area contributed by atoms with E-state index in [1.807, 2.05) is 0 Å². The molecule has 27 heavy (non-hydrogen) atoms. The first-order valence-electron chi connectivity index (χ1n) is 6.89. The number of thiol groups is 2. The van der Waals surface area contributed by atoms with Crippen LogP contribution < -0.4 is 33.1 Å². The molecule has 0 rings (SSSR count). The van der Waals surface area contributed by atoms with E-state index in [-0.39, 0.29) is 23.1 Å². The maximum atomic E-state index is 9.74. The summed E-state index contributed by atoms with van der Waals surface area (Å²) in [5.74, 6) is -3.99. The van der Waals surface area contributed by atoms with E-state index < -0.39 is 48.8 Å². The van der Waals surface area contributed by atoms with Gasteiger partial charge in [-0.2, -0.15) is 25.3 Å². The number of hydrogen-bond donors (Lipinski definition) is 8. The Bertz CT molecular complexity index is 368. The van der Waals surface area contributed by atoms with Crippen molar-refractivity contribution in [3.8, 4) is 0 Å². The molecule has 0 aliphatic carbocycles. The van der Waals surface area contributed by atoms with Gasteiger partial charge in [-0.25, -0.2) is 0 Å². The van der Waals surface area contributed by atoms with E-state index in [1.165, 1.54) is 0 Å². The average Bonchev–Trinajstić information content (AvgIpc) is 2.54. The molecular weight excluding hydrogens is 417 g/mol. The van der Waals surface area contributed by atoms with Crippen molar-refractivity contribution in [2.24, 2.45) is 22.9 Å². The molecule has 0 fully saturated rings. The van der Waals surface area contributed by atoms with Gasteiger partial charge in [0.05, 0.1) is 36.9 Å². The summed E-state index contributed by atoms with van der Waals surface area (Å²) in [6, 6.07) is -2.80. The fourth-order valence-corrected chi connectivity index (χ4v) is 0.543. The number of carboxylic acid groups (broad SMARTS) is 4. The van der Waals surface area contributed by atoms with E-state index in [4.69, 9.17) is 33.1 Å². The van der Waals surface area contributed by atoms with Gasteiger partial charge in [0.25, 0.3) is 0 Å². The number of rotatable bonds is 8. The molecule has 12 nitrogen and oxygen atoms in total. The zero-order chi connectivity index (χ0) is 21.7. The van der Waals surface area contributed by atoms with Crippen LogP contribution in [-0.2, 0) is 19.2 Å². The van der Waals surface area contributed by atoms with Gasteiger partial charge in [-0.1, -0.05) is 0 Å². The number of aliphatic carboxylic acids is 4. The Kier molecular flexibility index (Phi) is 37.6. The first-order chi connectivity index (χ1) is 11.9. The smallest absolute Gasteiger partial charge is 0.548 e. The molecule has 0 saturated carbocycles. The molecule has 156 valence electrons. The van der Waals surface area contributed by atoms with Gasteiger partial charge >= 0.3 is 35.0 Å². The minimum absolute atomic E-state index is 0. The summed E-state index contributed by atoms with van der Waals surface area (Å²) in [6.45, 7) is 1.37. The van der Waals surface area contributed by atoms with Gasteiger partial charge in [-0.3, -0.25) is 9.59 Å². The monoisotopic (exact) mass is 442 g/mol. The summed E-state index contributed by atoms with van der Waals surface area (Å²) in [7, 11) is 0. The number of carboxylic acids is 4. The van der Waals surface area contributed by atoms with E-state index in [1.54, 1.807) is 0 Å². The average molecular weight is 443 g/mol. The van der Waals surface area contributed by atoms with Crippen molar-refractivity contribution in [1.29, 1.82) is 0 Å². The third-order valence-electron chi connectivity index (χ3n) is 1.65. The van der Waals surface area contributed by atoms with Crippen molar-refractivity contribution in [3.05, 3.63) is 0 Å². The van der Waals surface area contributed by atoms with E-state index >= 15 is 0 Å². The summed E-state index contributed by atoms with van der Waals surface area (Å²) in [5.41, 5.74) is 19.5. The molecule has 0 unspecified atom stereocenters. The Balaban J connectivity index is -0.0000000843. The molecule has 0 aliphatic rings. The van der Waals surface area contributed by atoms with Crippen molar-refractivity contribution >= 4 is 72.2 Å². The largest absolute Gasteiger partial charge is 2.00 e. The Morgan fingerprint density at radius 1 is 0.778 bits per heavy atom. The predicted molar refractivity (Wildman–Crippen MR) is 102 cm³/mol. The van der Waals surface area contributed by atoms with E-state index in [2.05, 4.69) is 25.3 Å². The number of carbonyl (C=O) groups is 4. The number of nitrogens with two attached hydrogens (primary N) is 4. The first-order valence-corrected chi connectivity index (χ1v) is 8.15. The third-order valence-corrected chi connectivity index (χ3v) is 2.17. The minimum atomic E-state index is -1.54. The molecule has 0 spiro atoms. The summed E-state index contributed by atoms with van der Waals surface area (Å²) in [6.07, 6.45) is -1.19. The van der Waals surface area contributed by atoms with Crippen LogP contribution in [0.1, 0.15) is 12.8 Å². The van der Waals surface area contributed by atoms with Crippen LogP contribution >= 0.6 is 25.3 Å². The zero-order valence-corrected chi connectivity index (χ0v) is 17.9. The standard InChI is InChI=1S/2C4H7NO4.2C2H7NS.Mg/c2*5-2(4(8)9)1-3(6)7;2*3-1-2-4;/h2*2H,1,5H2,(H,6,7)(H,8,9);2*4H,1-3H2;/q;;;;+2/p-2/t2*2-;;;/m00.../s1. The number of hydrogen-bond acceptors (Lipinski definition) is 12. The maximum Gasteiger partial charge on any atom is 2.00 e. The second kappa shape index (κ2) is 27.4. The summed E-state index contributed by atoms with van der Waals surface area (Å²) < 4.78 is 0. The molecule has 0 aromatic heterocycles. The van der Waals surface area contributed by atoms with Gasteiger partial charge in [0.2, 0.25) is 0 Å². The van der Waals surface area contributed by atoms with E-state index in [9.17, 15) is 29.4 Å². The van der Waals surface area contributed by atoms with Crippen LogP contribution in [0.3, 0.4) is 0 Å². The normalized spacial score (nSPS) is 10.6. The summed E-state index contributed by atoms with van der Waals surface area (Å²) in [5, 5.41) is 35.4. The SMILES string of the molecule is NCCS.NCCS.N[C@@H](CC(=O)O)C(=O)[O-].N[C@@H](CC(=O)O)C(=O)[O-].[Mg+2]. The quantitative estimate of drug-likeness (QED) is 0.129. The maximum absolute atomic E-state index is 9.74. The molecule has 0 radical (unpaired) electrons. The van der Waals surface area contributed by atoms with Crippen LogP contribution in [0.15, 0.2) is 0 Å². The molecule has 15 heteroatoms. The van der Waals surface area contributed by atoms with E-state index in [0.29, 0.717) is 13.1 Å². The molecule has 0 amide bonds. The third kappa shape index (κ3) is 45.8. The second-order valence-electron chi connectivity index (χ2n) is 4.07. The van der Waals surface area contributed by atoms with Crippen molar-refractivity contribution < 1.29 is 39.6 Å². The minimum Gasteiger partial charge on any atom is -0.548 e. The Morgan fingerprint density at radius 2 is 0.963 bits per heavy atom. The van der Waals surface area contributed by atoms with Crippen molar-refractivity contribution in [1.82, 2.24) is 0 Å². The Morgan fingerprint density at radius 3 is 1.00 bits per heavy atom. The summed E-state index contributed by atoms with van der Waals surface area (Å²) >= 11 is 7.59. The number of carbonyl (C=O) groups excluding carboxylic acids is 2. The van der Waals surface area contributed by atoms with Crippen LogP contribution in [0.2, 0.25) is 0 Å². The van der Waals surface area contributed by atoms with Gasteiger partial charge in [0.15, 0.2) is 0 Å². The molecule has 0 saturated heterocycles. The van der Waals surface area contributed by atoms with Crippen LogP contribution in [0, 0.1) is 0 Å². The van der Waals surface area contributed by atoms with E-state index in [0.717, 1.165) is 11.5 Å². The van der Waals surface area contributed by atoms with Gasteiger partial charge in [-0.15, -0.1) is 0 Å². The van der Waals surface area contributed by atoms with Crippen molar-refractivity contribution in [2.45, 2.75) is 24.9 Å². The van der Waals surface area contributed by atoms with Gasteiger partial charge < -0.3 is 52.9 Å². The fourth-order valence-electron chi connectivity index (χ4n) is 0.543. The Labute approximate surface area is 184 Å². The van der Waals surface area contributed by atoms with Crippen LogP contribution in [0.5, 0.6) is 0 Å². The van der Waals surface area contributed by atoms with Gasteiger partial charge in [0, 0.05) is 24.6 Å². The van der Waals surface area contributed by atoms with Gasteiger partial charge in [0.1, 0.15) is 0 Å². The summed E-state index contributed by atoms with van der Waals surface area (Å²) in [4.78, 5) is 39.0. The molecule has 10 N–H and O–H groups in total. The van der Waals surface area contributed by atoms with Crippen molar-refractivity contribution in [3.63, 3.8) is 0 Å². The van der Waals surface area contributed by atoms with Gasteiger partial charge in [-0.05, 0) is 0 Å². The predicted octanol–water partition coefficient (Wildman–Crippen LogP) is -5.55. The second-order valence-corrected chi connectivity index (χ2v) is 4.97. The molecule has 0 aliphatic heterocycles. The fraction of sp³-hybridized carbons (Fsp3) is 0.667. The molecule has 0 bridgehead atoms. The van der Waals surface area contributed by atoms with Crippen molar-refractivity contribution in [2.75, 3.05) is 24.6 Å². The molecule has 0 aromatic rings. The zero-order valence-electron chi connectivity index (χ0n) is 14.7. The molecule has 0 heterocycles. The van der Waals surface area contributed by atoms with Crippen LogP contribution in [0.25, 0.3) is 0 Å².